The third kappa shape index (κ3) is 3.93. The summed E-state index contributed by atoms with van der Waals surface area (Å²) in [4.78, 5) is 16.5. The van der Waals surface area contributed by atoms with Crippen molar-refractivity contribution in [3.8, 4) is 0 Å². The van der Waals surface area contributed by atoms with Gasteiger partial charge in [0.1, 0.15) is 0 Å². The third-order valence-electron chi connectivity index (χ3n) is 2.79. The fourth-order valence-electron chi connectivity index (χ4n) is 2.01. The Bertz CT molecular complexity index is 266. The average molecular weight is 229 g/mol. The molecule has 3 nitrogen and oxygen atoms in total. The highest BCUT2D eigenvalue weighted by Gasteiger charge is 2.21. The zero-order valence-corrected chi connectivity index (χ0v) is 10.0. The van der Waals surface area contributed by atoms with Crippen LogP contribution in [0.25, 0.3) is 0 Å². The molecule has 1 rings (SSSR count). The van der Waals surface area contributed by atoms with Crippen molar-refractivity contribution in [1.29, 1.82) is 0 Å². The largest absolute Gasteiger partial charge is 0.273 e. The van der Waals surface area contributed by atoms with E-state index in [1.807, 2.05) is 13.8 Å². The molecule has 0 saturated carbocycles. The number of carbonyl (C=O) groups is 1. The summed E-state index contributed by atoms with van der Waals surface area (Å²) in [5.74, 6) is -0.111. The van der Waals surface area contributed by atoms with Crippen molar-refractivity contribution in [1.82, 2.24) is 5.06 Å². The van der Waals surface area contributed by atoms with Crippen molar-refractivity contribution in [2.45, 2.75) is 52.0 Å². The number of allylic oxidation sites excluding steroid dienone is 1. The lowest BCUT2D eigenvalue weighted by Crippen LogP contribution is -2.38. The lowest BCUT2D eigenvalue weighted by molar-refractivity contribution is -0.213. The second kappa shape index (κ2) is 6.63. The van der Waals surface area contributed by atoms with Crippen molar-refractivity contribution >= 4 is 5.91 Å². The van der Waals surface area contributed by atoms with Gasteiger partial charge in [-0.05, 0) is 39.5 Å². The molecule has 4 heteroatoms. The Labute approximate surface area is 96.2 Å². The van der Waals surface area contributed by atoms with E-state index in [2.05, 4.69) is 6.08 Å². The summed E-state index contributed by atoms with van der Waals surface area (Å²) < 4.78 is 12.2. The van der Waals surface area contributed by atoms with Gasteiger partial charge in [0.05, 0.1) is 6.04 Å². The first-order valence-electron chi connectivity index (χ1n) is 5.81. The van der Waals surface area contributed by atoms with Crippen LogP contribution in [0.5, 0.6) is 0 Å². The van der Waals surface area contributed by atoms with Crippen molar-refractivity contribution in [2.75, 3.05) is 6.86 Å². The fourth-order valence-corrected chi connectivity index (χ4v) is 2.01. The van der Waals surface area contributed by atoms with Crippen LogP contribution in [-0.2, 0) is 9.63 Å². The Hall–Kier alpha value is -0.900. The van der Waals surface area contributed by atoms with E-state index in [4.69, 9.17) is 4.84 Å². The van der Waals surface area contributed by atoms with Gasteiger partial charge < -0.3 is 0 Å². The fraction of sp³-hybridized carbons (Fsp3) is 0.750. The van der Waals surface area contributed by atoms with E-state index >= 15 is 0 Å². The molecule has 0 aromatic rings. The zero-order valence-electron chi connectivity index (χ0n) is 10.0. The molecule has 0 aromatic carbocycles. The first-order valence-corrected chi connectivity index (χ1v) is 5.81. The van der Waals surface area contributed by atoms with Gasteiger partial charge in [-0.1, -0.05) is 11.6 Å². The molecular weight excluding hydrogens is 209 g/mol. The highest BCUT2D eigenvalue weighted by Crippen LogP contribution is 2.17. The molecular formula is C12H20FNO2. The van der Waals surface area contributed by atoms with Crippen molar-refractivity contribution in [3.05, 3.63) is 11.6 Å². The van der Waals surface area contributed by atoms with Gasteiger partial charge in [0, 0.05) is 6.42 Å². The Morgan fingerprint density at radius 1 is 1.56 bits per heavy atom. The monoisotopic (exact) mass is 229 g/mol. The van der Waals surface area contributed by atoms with Gasteiger partial charge in [0.25, 0.3) is 0 Å². The van der Waals surface area contributed by atoms with E-state index in [1.54, 1.807) is 0 Å². The Morgan fingerprint density at radius 3 is 3.00 bits per heavy atom. The summed E-state index contributed by atoms with van der Waals surface area (Å²) in [6.45, 7) is 2.97. The molecule has 0 radical (unpaired) electrons. The highest BCUT2D eigenvalue weighted by molar-refractivity contribution is 5.75. The predicted octanol–water partition coefficient (Wildman–Crippen LogP) is 2.97. The van der Waals surface area contributed by atoms with Crippen LogP contribution in [0, 0.1) is 0 Å². The molecule has 0 aromatic heterocycles. The van der Waals surface area contributed by atoms with Crippen molar-refractivity contribution in [3.63, 3.8) is 0 Å². The normalized spacial score (nSPS) is 24.2. The molecule has 1 amide bonds. The molecule has 1 aliphatic rings. The van der Waals surface area contributed by atoms with Gasteiger partial charge in [-0.3, -0.25) is 4.79 Å². The van der Waals surface area contributed by atoms with Crippen molar-refractivity contribution < 1.29 is 14.0 Å². The Balaban J connectivity index is 2.72. The van der Waals surface area contributed by atoms with Crippen LogP contribution in [-0.4, -0.2) is 23.9 Å². The second-order valence-corrected chi connectivity index (χ2v) is 4.31. The number of nitrogens with zero attached hydrogens (tertiary/aromatic N) is 1. The maximum atomic E-state index is 12.2. The summed E-state index contributed by atoms with van der Waals surface area (Å²) in [7, 11) is 0. The molecule has 1 unspecified atom stereocenters. The van der Waals surface area contributed by atoms with Gasteiger partial charge in [0.15, 0.2) is 0 Å². The number of hydroxylamine groups is 2. The molecule has 16 heavy (non-hydrogen) atoms. The van der Waals surface area contributed by atoms with E-state index in [1.165, 1.54) is 10.6 Å². The van der Waals surface area contributed by atoms with E-state index in [0.717, 1.165) is 25.7 Å². The Morgan fingerprint density at radius 2 is 2.31 bits per heavy atom. The van der Waals surface area contributed by atoms with Crippen LogP contribution in [0.15, 0.2) is 11.6 Å². The van der Waals surface area contributed by atoms with Crippen LogP contribution in [0.1, 0.15) is 46.0 Å². The molecule has 1 aliphatic heterocycles. The van der Waals surface area contributed by atoms with E-state index in [-0.39, 0.29) is 11.9 Å². The number of hydrogen-bond acceptors (Lipinski definition) is 2. The van der Waals surface area contributed by atoms with Gasteiger partial charge >= 0.3 is 0 Å². The van der Waals surface area contributed by atoms with Gasteiger partial charge in [0.2, 0.25) is 12.8 Å². The van der Waals surface area contributed by atoms with E-state index < -0.39 is 6.86 Å². The first kappa shape index (κ1) is 13.2. The highest BCUT2D eigenvalue weighted by atomic mass is 19.1. The number of amides is 1. The molecule has 0 spiro atoms. The first-order chi connectivity index (χ1) is 7.65. The number of carbonyl (C=O) groups excluding carboxylic acids is 1. The van der Waals surface area contributed by atoms with E-state index in [9.17, 15) is 9.18 Å². The van der Waals surface area contributed by atoms with Gasteiger partial charge in [-0.2, -0.15) is 0 Å². The van der Waals surface area contributed by atoms with Crippen LogP contribution >= 0.6 is 0 Å². The minimum atomic E-state index is -0.946. The molecule has 0 aliphatic carbocycles. The molecule has 0 fully saturated rings. The summed E-state index contributed by atoms with van der Waals surface area (Å²) >= 11 is 0. The molecule has 1 atom stereocenters. The van der Waals surface area contributed by atoms with Crippen LogP contribution < -0.4 is 0 Å². The summed E-state index contributed by atoms with van der Waals surface area (Å²) in [6.07, 6.45) is 6.24. The lowest BCUT2D eigenvalue weighted by atomic mass is 10.0. The van der Waals surface area contributed by atoms with Gasteiger partial charge in [-0.15, -0.1) is 0 Å². The second-order valence-electron chi connectivity index (χ2n) is 4.31. The van der Waals surface area contributed by atoms with Crippen LogP contribution in [0.4, 0.5) is 4.39 Å². The lowest BCUT2D eigenvalue weighted by Gasteiger charge is -2.27. The average Bonchev–Trinajstić information content (AvgIpc) is 2.23. The summed E-state index contributed by atoms with van der Waals surface area (Å²) in [5.41, 5.74) is 1.23. The molecule has 1 heterocycles. The minimum absolute atomic E-state index is 0.0994. The SMILES string of the molecule is CC1=CCCCCC(=O)N(OCF)C(C)C1. The molecule has 92 valence electrons. The topological polar surface area (TPSA) is 29.5 Å². The third-order valence-corrected chi connectivity index (χ3v) is 2.79. The minimum Gasteiger partial charge on any atom is -0.273 e. The van der Waals surface area contributed by atoms with Crippen molar-refractivity contribution in [2.24, 2.45) is 0 Å². The summed E-state index contributed by atoms with van der Waals surface area (Å²) in [5, 5.41) is 1.20. The van der Waals surface area contributed by atoms with Crippen LogP contribution in [0.3, 0.4) is 0 Å². The molecule has 0 N–H and O–H groups in total. The Kier molecular flexibility index (Phi) is 5.46. The number of hydrogen-bond donors (Lipinski definition) is 0. The van der Waals surface area contributed by atoms with Gasteiger partial charge in [-0.25, -0.2) is 14.3 Å². The van der Waals surface area contributed by atoms with Crippen LogP contribution in [0.2, 0.25) is 0 Å². The maximum Gasteiger partial charge on any atom is 0.246 e. The van der Waals surface area contributed by atoms with E-state index in [0.29, 0.717) is 6.42 Å². The number of halogens is 1. The standard InChI is InChI=1S/C12H20FNO2/c1-10-6-4-3-5-7-12(15)14(16-9-13)11(2)8-10/h6,11H,3-5,7-9H2,1-2H3. The summed E-state index contributed by atoms with van der Waals surface area (Å²) in [6, 6.07) is -0.0994. The zero-order chi connectivity index (χ0) is 12.0. The molecule has 0 saturated heterocycles. The number of alkyl halides is 1. The number of rotatable bonds is 2. The smallest absolute Gasteiger partial charge is 0.246 e. The quantitative estimate of drug-likeness (QED) is 0.681. The molecule has 0 bridgehead atoms. The predicted molar refractivity (Wildman–Crippen MR) is 60.2 cm³/mol. The maximum absolute atomic E-state index is 12.2.